The van der Waals surface area contributed by atoms with Crippen LogP contribution in [-0.2, 0) is 17.8 Å². The fraction of sp³-hybridized carbons (Fsp3) is 0.143. The van der Waals surface area contributed by atoms with Gasteiger partial charge < -0.3 is 20.8 Å². The zero-order valence-electron chi connectivity index (χ0n) is 14.5. The molecule has 6 nitrogen and oxygen atoms in total. The molecular formula is C21H19N3O3. The lowest BCUT2D eigenvalue weighted by Gasteiger charge is -2.26. The van der Waals surface area contributed by atoms with Crippen molar-refractivity contribution < 1.29 is 15.0 Å². The molecule has 4 rings (SSSR count). The molecule has 0 aromatic heterocycles. The molecule has 1 atom stereocenters. The maximum absolute atomic E-state index is 11.9. The number of carboxylic acid groups (broad SMARTS) is 1. The van der Waals surface area contributed by atoms with E-state index in [0.717, 1.165) is 27.6 Å². The van der Waals surface area contributed by atoms with Crippen molar-refractivity contribution in [3.8, 4) is 5.75 Å². The van der Waals surface area contributed by atoms with Crippen LogP contribution >= 0.6 is 0 Å². The summed E-state index contributed by atoms with van der Waals surface area (Å²) in [4.78, 5) is 13.7. The van der Waals surface area contributed by atoms with E-state index in [2.05, 4.69) is 0 Å². The van der Waals surface area contributed by atoms with Crippen molar-refractivity contribution in [1.82, 2.24) is 0 Å². The molecule has 136 valence electrons. The van der Waals surface area contributed by atoms with Crippen LogP contribution in [0.1, 0.15) is 16.7 Å². The number of benzene rings is 3. The number of nitrogens with zero attached hydrogens (tertiary/aromatic N) is 1. The first-order chi connectivity index (χ1) is 12.9. The van der Waals surface area contributed by atoms with E-state index in [-0.39, 0.29) is 11.6 Å². The quantitative estimate of drug-likeness (QED) is 0.422. The predicted octanol–water partition coefficient (Wildman–Crippen LogP) is 2.85. The van der Waals surface area contributed by atoms with Crippen LogP contribution in [0.5, 0.6) is 5.75 Å². The highest BCUT2D eigenvalue weighted by molar-refractivity contribution is 5.97. The average Bonchev–Trinajstić information content (AvgIpc) is 2.99. The number of carbonyl (C=O) groups is 1. The van der Waals surface area contributed by atoms with Crippen LogP contribution in [-0.4, -0.2) is 28.1 Å². The Kier molecular flexibility index (Phi) is 3.96. The number of aromatic hydroxyl groups is 1. The van der Waals surface area contributed by atoms with Crippen LogP contribution < -0.4 is 10.6 Å². The lowest BCUT2D eigenvalue weighted by atomic mass is 10.0. The number of carboxylic acids is 1. The number of nitrogens with one attached hydrogen (secondary N) is 1. The van der Waals surface area contributed by atoms with E-state index in [1.807, 2.05) is 35.2 Å². The van der Waals surface area contributed by atoms with Crippen molar-refractivity contribution in [1.29, 1.82) is 5.41 Å². The molecule has 0 spiro atoms. The summed E-state index contributed by atoms with van der Waals surface area (Å²) < 4.78 is 0. The van der Waals surface area contributed by atoms with Gasteiger partial charge in [0.05, 0.1) is 0 Å². The normalized spacial score (nSPS) is 15.7. The number of rotatable bonds is 4. The van der Waals surface area contributed by atoms with E-state index >= 15 is 0 Å². The topological polar surface area (TPSA) is 111 Å². The van der Waals surface area contributed by atoms with E-state index in [0.29, 0.717) is 18.5 Å². The van der Waals surface area contributed by atoms with Gasteiger partial charge in [0, 0.05) is 24.2 Å². The Balaban J connectivity index is 1.79. The molecule has 3 aromatic rings. The Labute approximate surface area is 156 Å². The first-order valence-corrected chi connectivity index (χ1v) is 8.61. The predicted molar refractivity (Wildman–Crippen MR) is 104 cm³/mol. The molecule has 0 amide bonds. The third-order valence-corrected chi connectivity index (χ3v) is 5.08. The summed E-state index contributed by atoms with van der Waals surface area (Å²) >= 11 is 0. The largest absolute Gasteiger partial charge is 0.508 e. The van der Waals surface area contributed by atoms with Crippen molar-refractivity contribution in [2.75, 3.05) is 4.90 Å². The monoisotopic (exact) mass is 361 g/mol. The van der Waals surface area contributed by atoms with Gasteiger partial charge in [-0.25, -0.2) is 4.79 Å². The van der Waals surface area contributed by atoms with E-state index < -0.39 is 12.0 Å². The van der Waals surface area contributed by atoms with Gasteiger partial charge in [-0.2, -0.15) is 0 Å². The van der Waals surface area contributed by atoms with Crippen LogP contribution in [0.2, 0.25) is 0 Å². The van der Waals surface area contributed by atoms with Gasteiger partial charge in [-0.3, -0.25) is 5.41 Å². The second-order valence-corrected chi connectivity index (χ2v) is 6.77. The number of anilines is 1. The van der Waals surface area contributed by atoms with E-state index in [1.54, 1.807) is 24.3 Å². The standard InChI is InChI=1S/C21H19N3O3/c22-20(23)14-5-4-13-9-19(21(26)27)24(18(13)10-14)11-15-3-1-2-12-8-16(25)6-7-17(12)15/h1-8,10,19,25H,9,11H2,(H3,22,23)(H,26,27). The minimum Gasteiger partial charge on any atom is -0.508 e. The number of hydrogen-bond acceptors (Lipinski definition) is 4. The first-order valence-electron chi connectivity index (χ1n) is 8.61. The van der Waals surface area contributed by atoms with Crippen LogP contribution in [0.3, 0.4) is 0 Å². The van der Waals surface area contributed by atoms with Crippen LogP contribution in [0.25, 0.3) is 10.8 Å². The van der Waals surface area contributed by atoms with Crippen molar-refractivity contribution in [3.63, 3.8) is 0 Å². The molecule has 0 radical (unpaired) electrons. The molecular weight excluding hydrogens is 342 g/mol. The van der Waals surface area contributed by atoms with E-state index in [4.69, 9.17) is 11.1 Å². The maximum atomic E-state index is 11.9. The zero-order chi connectivity index (χ0) is 19.1. The summed E-state index contributed by atoms with van der Waals surface area (Å²) in [6.07, 6.45) is 0.411. The Hall–Kier alpha value is -3.54. The number of nitrogen functional groups attached to an aromatic ring is 1. The summed E-state index contributed by atoms with van der Waals surface area (Å²) in [6, 6.07) is 15.7. The fourth-order valence-electron chi connectivity index (χ4n) is 3.73. The molecule has 0 saturated carbocycles. The van der Waals surface area contributed by atoms with Crippen molar-refractivity contribution in [3.05, 3.63) is 71.3 Å². The molecule has 27 heavy (non-hydrogen) atoms. The Morgan fingerprint density at radius 2 is 2.00 bits per heavy atom. The minimum atomic E-state index is -0.881. The molecule has 5 N–H and O–H groups in total. The number of nitrogens with two attached hydrogens (primary N) is 1. The highest BCUT2D eigenvalue weighted by atomic mass is 16.4. The molecule has 6 heteroatoms. The number of aliphatic carboxylic acids is 1. The van der Waals surface area contributed by atoms with E-state index in [9.17, 15) is 15.0 Å². The van der Waals surface area contributed by atoms with Crippen molar-refractivity contribution >= 4 is 28.3 Å². The summed E-state index contributed by atoms with van der Waals surface area (Å²) in [5, 5.41) is 29.0. The zero-order valence-corrected chi connectivity index (χ0v) is 14.5. The molecule has 0 fully saturated rings. The lowest BCUT2D eigenvalue weighted by Crippen LogP contribution is -2.38. The Morgan fingerprint density at radius 3 is 2.74 bits per heavy atom. The third kappa shape index (κ3) is 2.95. The molecule has 0 saturated heterocycles. The van der Waals surface area contributed by atoms with Crippen molar-refractivity contribution in [2.45, 2.75) is 19.0 Å². The maximum Gasteiger partial charge on any atom is 0.326 e. The van der Waals surface area contributed by atoms with Crippen LogP contribution in [0.15, 0.2) is 54.6 Å². The van der Waals surface area contributed by atoms with Gasteiger partial charge in [-0.05, 0) is 40.1 Å². The number of hydrogen-bond donors (Lipinski definition) is 4. The van der Waals surface area contributed by atoms with Crippen molar-refractivity contribution in [2.24, 2.45) is 5.73 Å². The summed E-state index contributed by atoms with van der Waals surface area (Å²) in [6.45, 7) is 0.410. The highest BCUT2D eigenvalue weighted by Crippen LogP contribution is 2.36. The van der Waals surface area contributed by atoms with Gasteiger partial charge >= 0.3 is 5.97 Å². The first kappa shape index (κ1) is 16.9. The van der Waals surface area contributed by atoms with Gasteiger partial charge in [0.1, 0.15) is 17.6 Å². The van der Waals surface area contributed by atoms with Gasteiger partial charge in [-0.15, -0.1) is 0 Å². The van der Waals surface area contributed by atoms with E-state index in [1.165, 1.54) is 0 Å². The van der Waals surface area contributed by atoms with Gasteiger partial charge in [-0.1, -0.05) is 36.4 Å². The number of phenolic OH excluding ortho intramolecular Hbond substituents is 1. The molecule has 1 aliphatic heterocycles. The molecule has 1 unspecified atom stereocenters. The Bertz CT molecular complexity index is 1080. The SMILES string of the molecule is N=C(N)c1ccc2c(c1)N(Cc1cccc3cc(O)ccc13)C(C(=O)O)C2. The fourth-order valence-corrected chi connectivity index (χ4v) is 3.73. The van der Waals surface area contributed by atoms with Crippen LogP contribution in [0.4, 0.5) is 5.69 Å². The van der Waals surface area contributed by atoms with Gasteiger partial charge in [0.15, 0.2) is 0 Å². The van der Waals surface area contributed by atoms with Gasteiger partial charge in [0.25, 0.3) is 0 Å². The second-order valence-electron chi connectivity index (χ2n) is 6.77. The number of fused-ring (bicyclic) bond motifs is 2. The molecule has 1 aliphatic rings. The average molecular weight is 361 g/mol. The molecule has 1 heterocycles. The molecule has 3 aromatic carbocycles. The smallest absolute Gasteiger partial charge is 0.326 e. The summed E-state index contributed by atoms with van der Waals surface area (Å²) in [5.41, 5.74) is 8.89. The van der Waals surface area contributed by atoms with Crippen LogP contribution in [0, 0.1) is 5.41 Å². The third-order valence-electron chi connectivity index (χ3n) is 5.08. The second kappa shape index (κ2) is 6.32. The minimum absolute atomic E-state index is 0.0443. The summed E-state index contributed by atoms with van der Waals surface area (Å²) in [5.74, 6) is -0.730. The molecule has 0 bridgehead atoms. The highest BCUT2D eigenvalue weighted by Gasteiger charge is 2.34. The Morgan fingerprint density at radius 1 is 1.19 bits per heavy atom. The molecule has 0 aliphatic carbocycles. The summed E-state index contributed by atoms with van der Waals surface area (Å²) in [7, 11) is 0. The lowest BCUT2D eigenvalue weighted by molar-refractivity contribution is -0.138. The van der Waals surface area contributed by atoms with Gasteiger partial charge in [0.2, 0.25) is 0 Å². The number of amidine groups is 1. The number of phenols is 1.